The Balaban J connectivity index is 1.45. The van der Waals surface area contributed by atoms with E-state index in [4.69, 9.17) is 25.3 Å². The van der Waals surface area contributed by atoms with E-state index in [-0.39, 0.29) is 27.9 Å². The summed E-state index contributed by atoms with van der Waals surface area (Å²) in [6.45, 7) is 0. The molecule has 0 fully saturated rings. The van der Waals surface area contributed by atoms with Crippen molar-refractivity contribution in [1.82, 2.24) is 4.57 Å². The second kappa shape index (κ2) is 8.23. The Kier molecular flexibility index (Phi) is 5.34. The first-order chi connectivity index (χ1) is 16.2. The second-order valence-electron chi connectivity index (χ2n) is 7.67. The van der Waals surface area contributed by atoms with Crippen LogP contribution in [-0.2, 0) is 17.2 Å². The minimum atomic E-state index is -4.08. The van der Waals surface area contributed by atoms with Gasteiger partial charge in [0.2, 0.25) is 5.78 Å². The largest absolute Gasteiger partial charge is 0.497 e. The third kappa shape index (κ3) is 3.91. The monoisotopic (exact) mass is 495 g/mol. The molecule has 0 radical (unpaired) electrons. The molecule has 1 aliphatic rings. The number of fused-ring (bicyclic) bond motifs is 2. The number of halogens is 1. The van der Waals surface area contributed by atoms with Gasteiger partial charge in [-0.15, -0.1) is 0 Å². The minimum Gasteiger partial charge on any atom is -0.497 e. The third-order valence-electron chi connectivity index (χ3n) is 5.46. The first kappa shape index (κ1) is 22.1. The highest BCUT2D eigenvalue weighted by atomic mass is 35.5. The van der Waals surface area contributed by atoms with Gasteiger partial charge in [-0.2, -0.15) is 8.42 Å². The van der Waals surface area contributed by atoms with E-state index in [0.717, 1.165) is 16.5 Å². The maximum absolute atomic E-state index is 12.9. The normalized spacial score (nSPS) is 14.3. The van der Waals surface area contributed by atoms with Crippen LogP contribution in [0.15, 0.2) is 77.5 Å². The van der Waals surface area contributed by atoms with Gasteiger partial charge in [0.15, 0.2) is 5.76 Å². The second-order valence-corrected chi connectivity index (χ2v) is 9.65. The SMILES string of the molecule is COc1ccc2c(c1)c(/C=C1/Oc3cc(OS(=O)(=O)c4ccc(Cl)cc4)ccc3C1=O)cn2C. The zero-order chi connectivity index (χ0) is 24.0. The van der Waals surface area contributed by atoms with Gasteiger partial charge in [0.05, 0.1) is 12.7 Å². The van der Waals surface area contributed by atoms with Crippen molar-refractivity contribution in [3.63, 3.8) is 0 Å². The van der Waals surface area contributed by atoms with Crippen molar-refractivity contribution >= 4 is 44.5 Å². The Bertz CT molecular complexity index is 1590. The average Bonchev–Trinajstić information content (AvgIpc) is 3.29. The number of aryl methyl sites for hydroxylation is 1. The summed E-state index contributed by atoms with van der Waals surface area (Å²) >= 11 is 5.82. The molecule has 4 aromatic rings. The zero-order valence-corrected chi connectivity index (χ0v) is 19.7. The summed E-state index contributed by atoms with van der Waals surface area (Å²) in [5.74, 6) is 0.768. The summed E-state index contributed by atoms with van der Waals surface area (Å²) in [5, 5.41) is 1.31. The number of rotatable bonds is 5. The van der Waals surface area contributed by atoms with Gasteiger partial charge in [-0.1, -0.05) is 11.6 Å². The van der Waals surface area contributed by atoms with Crippen LogP contribution in [0.4, 0.5) is 0 Å². The highest BCUT2D eigenvalue weighted by Crippen LogP contribution is 2.37. The predicted molar refractivity (Wildman–Crippen MR) is 128 cm³/mol. The summed E-state index contributed by atoms with van der Waals surface area (Å²) < 4.78 is 43.4. The molecule has 3 aromatic carbocycles. The van der Waals surface area contributed by atoms with E-state index in [1.54, 1.807) is 13.2 Å². The molecule has 1 aromatic heterocycles. The fourth-order valence-electron chi connectivity index (χ4n) is 3.78. The Morgan fingerprint density at radius 2 is 1.74 bits per heavy atom. The molecule has 0 unspecified atom stereocenters. The molecule has 7 nitrogen and oxygen atoms in total. The van der Waals surface area contributed by atoms with Crippen LogP contribution >= 0.6 is 11.6 Å². The minimum absolute atomic E-state index is 0.0256. The smallest absolute Gasteiger partial charge is 0.339 e. The summed E-state index contributed by atoms with van der Waals surface area (Å²) in [7, 11) is -0.577. The van der Waals surface area contributed by atoms with E-state index in [9.17, 15) is 13.2 Å². The number of carbonyl (C=O) groups excluding carboxylic acids is 1. The molecular formula is C25H18ClNO6S. The number of aromatic nitrogens is 1. The van der Waals surface area contributed by atoms with E-state index in [0.29, 0.717) is 16.3 Å². The lowest BCUT2D eigenvalue weighted by Crippen LogP contribution is -2.09. The molecule has 0 aliphatic carbocycles. The van der Waals surface area contributed by atoms with E-state index in [1.165, 1.54) is 42.5 Å². The van der Waals surface area contributed by atoms with Gasteiger partial charge in [-0.3, -0.25) is 4.79 Å². The van der Waals surface area contributed by atoms with Gasteiger partial charge < -0.3 is 18.2 Å². The number of carbonyl (C=O) groups is 1. The Hall–Kier alpha value is -3.75. The summed E-state index contributed by atoms with van der Waals surface area (Å²) in [6.07, 6.45) is 3.55. The third-order valence-corrected chi connectivity index (χ3v) is 6.98. The zero-order valence-electron chi connectivity index (χ0n) is 18.1. The molecule has 34 heavy (non-hydrogen) atoms. The Labute approximate surface area is 200 Å². The van der Waals surface area contributed by atoms with Crippen molar-refractivity contribution < 1.29 is 26.9 Å². The van der Waals surface area contributed by atoms with Crippen molar-refractivity contribution in [2.75, 3.05) is 7.11 Å². The summed E-state index contributed by atoms with van der Waals surface area (Å²) in [6, 6.07) is 15.6. The quantitative estimate of drug-likeness (QED) is 0.278. The molecule has 0 spiro atoms. The number of hydrogen-bond acceptors (Lipinski definition) is 6. The maximum Gasteiger partial charge on any atom is 0.339 e. The van der Waals surface area contributed by atoms with Crippen LogP contribution in [0.3, 0.4) is 0 Å². The number of ketones is 1. The van der Waals surface area contributed by atoms with Gasteiger partial charge >= 0.3 is 10.1 Å². The van der Waals surface area contributed by atoms with E-state index < -0.39 is 10.1 Å². The lowest BCUT2D eigenvalue weighted by molar-refractivity contribution is 0.101. The topological polar surface area (TPSA) is 83.8 Å². The summed E-state index contributed by atoms with van der Waals surface area (Å²) in [5.41, 5.74) is 2.08. The lowest BCUT2D eigenvalue weighted by Gasteiger charge is -2.08. The van der Waals surface area contributed by atoms with Crippen LogP contribution < -0.4 is 13.7 Å². The molecule has 0 saturated heterocycles. The molecule has 1 aliphatic heterocycles. The highest BCUT2D eigenvalue weighted by molar-refractivity contribution is 7.87. The van der Waals surface area contributed by atoms with Crippen molar-refractivity contribution in [3.05, 3.63) is 88.8 Å². The number of ether oxygens (including phenoxy) is 2. The number of Topliss-reactive ketones (excluding diaryl/α,β-unsaturated/α-hetero) is 1. The van der Waals surface area contributed by atoms with Crippen LogP contribution in [0, 0.1) is 0 Å². The first-order valence-electron chi connectivity index (χ1n) is 10.2. The Morgan fingerprint density at radius 1 is 1.00 bits per heavy atom. The molecule has 9 heteroatoms. The van der Waals surface area contributed by atoms with Crippen LogP contribution in [0.5, 0.6) is 17.2 Å². The van der Waals surface area contributed by atoms with Crippen LogP contribution in [0.1, 0.15) is 15.9 Å². The molecule has 0 amide bonds. The Morgan fingerprint density at radius 3 is 2.47 bits per heavy atom. The van der Waals surface area contributed by atoms with Gasteiger partial charge in [0.1, 0.15) is 22.1 Å². The molecule has 0 saturated carbocycles. The van der Waals surface area contributed by atoms with Crippen LogP contribution in [0.2, 0.25) is 5.02 Å². The fraction of sp³-hybridized carbons (Fsp3) is 0.0800. The van der Waals surface area contributed by atoms with Crippen LogP contribution in [0.25, 0.3) is 17.0 Å². The number of nitrogens with zero attached hydrogens (tertiary/aromatic N) is 1. The molecular weight excluding hydrogens is 478 g/mol. The molecule has 5 rings (SSSR count). The molecule has 2 heterocycles. The van der Waals surface area contributed by atoms with Gasteiger partial charge in [-0.05, 0) is 60.7 Å². The first-order valence-corrected chi connectivity index (χ1v) is 12.0. The van der Waals surface area contributed by atoms with Gasteiger partial charge in [-0.25, -0.2) is 0 Å². The number of hydrogen-bond donors (Lipinski definition) is 0. The highest BCUT2D eigenvalue weighted by Gasteiger charge is 2.29. The van der Waals surface area contributed by atoms with Crippen molar-refractivity contribution in [3.8, 4) is 17.2 Å². The average molecular weight is 496 g/mol. The molecule has 0 N–H and O–H groups in total. The summed E-state index contributed by atoms with van der Waals surface area (Å²) in [4.78, 5) is 12.9. The molecule has 0 atom stereocenters. The molecule has 172 valence electrons. The standard InChI is InChI=1S/C25H18ClNO6S/c1-27-14-15(21-12-17(31-2)6-10-22(21)27)11-24-25(28)20-9-5-18(13-23(20)32-24)33-34(29,30)19-7-3-16(26)4-8-19/h3-14H,1-2H3/b24-11+. The lowest BCUT2D eigenvalue weighted by atomic mass is 10.1. The number of methoxy groups -OCH3 is 1. The maximum atomic E-state index is 12.9. The fourth-order valence-corrected chi connectivity index (χ4v) is 4.83. The molecule has 0 bridgehead atoms. The number of benzene rings is 3. The van der Waals surface area contributed by atoms with E-state index in [1.807, 2.05) is 36.0 Å². The van der Waals surface area contributed by atoms with Gasteiger partial charge in [0, 0.05) is 40.8 Å². The van der Waals surface area contributed by atoms with E-state index >= 15 is 0 Å². The number of allylic oxidation sites excluding steroid dienone is 1. The van der Waals surface area contributed by atoms with Crippen molar-refractivity contribution in [2.45, 2.75) is 4.90 Å². The van der Waals surface area contributed by atoms with Crippen molar-refractivity contribution in [2.24, 2.45) is 7.05 Å². The van der Waals surface area contributed by atoms with Crippen molar-refractivity contribution in [1.29, 1.82) is 0 Å². The van der Waals surface area contributed by atoms with E-state index in [2.05, 4.69) is 0 Å². The van der Waals surface area contributed by atoms with Crippen LogP contribution in [-0.4, -0.2) is 25.9 Å². The van der Waals surface area contributed by atoms with Gasteiger partial charge in [0.25, 0.3) is 0 Å². The predicted octanol–water partition coefficient (Wildman–Crippen LogP) is 5.22.